The topological polar surface area (TPSA) is 55.6 Å². The zero-order chi connectivity index (χ0) is 17.8. The van der Waals surface area contributed by atoms with E-state index in [1.165, 1.54) is 11.0 Å². The molecule has 2 aromatic rings. The third-order valence-corrected chi connectivity index (χ3v) is 4.14. The van der Waals surface area contributed by atoms with Crippen LogP contribution in [0.2, 0.25) is 0 Å². The van der Waals surface area contributed by atoms with E-state index in [-0.39, 0.29) is 37.2 Å². The first-order chi connectivity index (χ1) is 12.1. The zero-order valence-electron chi connectivity index (χ0n) is 14.0. The average Bonchev–Trinajstić information content (AvgIpc) is 2.64. The number of benzene rings is 2. The lowest BCUT2D eigenvalue weighted by atomic mass is 9.98. The Morgan fingerprint density at radius 1 is 1.27 bits per heavy atom. The minimum Gasteiger partial charge on any atom is -0.489 e. The van der Waals surface area contributed by atoms with Crippen LogP contribution in [-0.4, -0.2) is 25.6 Å². The van der Waals surface area contributed by atoms with Crippen LogP contribution in [0.4, 0.5) is 14.5 Å². The number of para-hydroxylation sites is 1. The van der Waals surface area contributed by atoms with Gasteiger partial charge in [-0.15, -0.1) is 12.4 Å². The first-order valence-electron chi connectivity index (χ1n) is 7.94. The van der Waals surface area contributed by atoms with Gasteiger partial charge >= 0.3 is 0 Å². The van der Waals surface area contributed by atoms with E-state index in [2.05, 4.69) is 0 Å². The largest absolute Gasteiger partial charge is 0.489 e. The molecule has 0 aromatic heterocycles. The van der Waals surface area contributed by atoms with Crippen molar-refractivity contribution in [3.63, 3.8) is 0 Å². The fourth-order valence-electron chi connectivity index (χ4n) is 2.77. The molecule has 4 nitrogen and oxygen atoms in total. The lowest BCUT2D eigenvalue weighted by molar-refractivity contribution is 0.0979. The molecule has 0 bridgehead atoms. The summed E-state index contributed by atoms with van der Waals surface area (Å²) in [5.74, 6) is -0.130. The number of nitrogens with two attached hydrogens (primary N) is 1. The Kier molecular flexibility index (Phi) is 6.71. The van der Waals surface area contributed by atoms with E-state index >= 15 is 0 Å². The van der Waals surface area contributed by atoms with Crippen LogP contribution in [0.25, 0.3) is 0 Å². The van der Waals surface area contributed by atoms with Gasteiger partial charge in [0.1, 0.15) is 18.2 Å². The summed E-state index contributed by atoms with van der Waals surface area (Å²) >= 11 is 0. The zero-order valence-corrected chi connectivity index (χ0v) is 14.8. The van der Waals surface area contributed by atoms with Crippen LogP contribution in [0.1, 0.15) is 15.9 Å². The van der Waals surface area contributed by atoms with Crippen LogP contribution in [0.3, 0.4) is 0 Å². The van der Waals surface area contributed by atoms with Gasteiger partial charge in [-0.2, -0.15) is 0 Å². The van der Waals surface area contributed by atoms with Crippen LogP contribution in [0.5, 0.6) is 5.75 Å². The van der Waals surface area contributed by atoms with Gasteiger partial charge in [-0.1, -0.05) is 12.1 Å². The number of hydrogen-bond donors (Lipinski definition) is 1. The molecule has 1 amide bonds. The maximum Gasteiger partial charge on any atom is 0.258 e. The van der Waals surface area contributed by atoms with Crippen LogP contribution in [-0.2, 0) is 6.42 Å². The maximum atomic E-state index is 14.0. The summed E-state index contributed by atoms with van der Waals surface area (Å²) in [6.07, 6.45) is 1.02. The Morgan fingerprint density at radius 2 is 2.04 bits per heavy atom. The van der Waals surface area contributed by atoms with Gasteiger partial charge in [-0.25, -0.2) is 8.78 Å². The highest BCUT2D eigenvalue weighted by atomic mass is 35.5. The van der Waals surface area contributed by atoms with Crippen molar-refractivity contribution >= 4 is 24.0 Å². The Hall–Kier alpha value is -2.44. The SMILES string of the molecule is Cl.NC/C(=C/F)COc1ccc2c(c1)CCN(c1ccccc1F)C2=O. The predicted octanol–water partition coefficient (Wildman–Crippen LogP) is 3.64. The quantitative estimate of drug-likeness (QED) is 0.861. The highest BCUT2D eigenvalue weighted by molar-refractivity contribution is 6.08. The van der Waals surface area contributed by atoms with Crippen molar-refractivity contribution in [3.05, 3.63) is 71.3 Å². The van der Waals surface area contributed by atoms with Gasteiger partial charge in [0.15, 0.2) is 0 Å². The van der Waals surface area contributed by atoms with Crippen LogP contribution in [0, 0.1) is 5.82 Å². The maximum absolute atomic E-state index is 14.0. The average molecular weight is 381 g/mol. The highest BCUT2D eigenvalue weighted by Gasteiger charge is 2.27. The number of halogens is 3. The number of amides is 1. The van der Waals surface area contributed by atoms with E-state index in [1.54, 1.807) is 36.4 Å². The Labute approximate surface area is 156 Å². The Bertz CT molecular complexity index is 827. The van der Waals surface area contributed by atoms with Crippen molar-refractivity contribution in [2.24, 2.45) is 5.73 Å². The van der Waals surface area contributed by atoms with Crippen LogP contribution >= 0.6 is 12.4 Å². The van der Waals surface area contributed by atoms with Gasteiger partial charge in [-0.3, -0.25) is 4.79 Å². The minimum absolute atomic E-state index is 0. The molecule has 1 heterocycles. The number of hydrogen-bond acceptors (Lipinski definition) is 3. The van der Waals surface area contributed by atoms with Gasteiger partial charge < -0.3 is 15.4 Å². The molecule has 0 fully saturated rings. The van der Waals surface area contributed by atoms with Gasteiger partial charge in [0.25, 0.3) is 5.91 Å². The monoisotopic (exact) mass is 380 g/mol. The molecular formula is C19H19ClF2N2O2. The summed E-state index contributed by atoms with van der Waals surface area (Å²) in [5, 5.41) is 0. The van der Waals surface area contributed by atoms with E-state index in [9.17, 15) is 13.6 Å². The first-order valence-corrected chi connectivity index (χ1v) is 7.94. The van der Waals surface area contributed by atoms with Crippen molar-refractivity contribution in [2.75, 3.05) is 24.6 Å². The number of nitrogens with zero attached hydrogens (tertiary/aromatic N) is 1. The molecule has 0 aliphatic carbocycles. The third kappa shape index (κ3) is 4.03. The van der Waals surface area contributed by atoms with Crippen LogP contribution in [0.15, 0.2) is 54.4 Å². The lowest BCUT2D eigenvalue weighted by Gasteiger charge is -2.29. The first kappa shape index (κ1) is 19.9. The molecule has 26 heavy (non-hydrogen) atoms. The molecule has 1 aliphatic rings. The van der Waals surface area contributed by atoms with Crippen molar-refractivity contribution in [1.82, 2.24) is 0 Å². The summed E-state index contributed by atoms with van der Waals surface area (Å²) < 4.78 is 32.0. The Balaban J connectivity index is 0.00000243. The summed E-state index contributed by atoms with van der Waals surface area (Å²) in [6, 6.07) is 11.3. The summed E-state index contributed by atoms with van der Waals surface area (Å²) in [4.78, 5) is 14.1. The molecule has 0 saturated heterocycles. The lowest BCUT2D eigenvalue weighted by Crippen LogP contribution is -2.38. The third-order valence-electron chi connectivity index (χ3n) is 4.14. The second-order valence-corrected chi connectivity index (χ2v) is 5.74. The molecule has 3 rings (SSSR count). The Morgan fingerprint density at radius 3 is 2.73 bits per heavy atom. The second-order valence-electron chi connectivity index (χ2n) is 5.74. The number of fused-ring (bicyclic) bond motifs is 1. The normalized spacial score (nSPS) is 13.9. The highest BCUT2D eigenvalue weighted by Crippen LogP contribution is 2.28. The van der Waals surface area contributed by atoms with E-state index in [0.29, 0.717) is 36.2 Å². The number of ether oxygens (including phenoxy) is 1. The van der Waals surface area contributed by atoms with E-state index in [0.717, 1.165) is 5.56 Å². The molecule has 1 aliphatic heterocycles. The van der Waals surface area contributed by atoms with Crippen molar-refractivity contribution in [3.8, 4) is 5.75 Å². The molecule has 7 heteroatoms. The second kappa shape index (κ2) is 8.78. The summed E-state index contributed by atoms with van der Waals surface area (Å²) in [6.45, 7) is 0.521. The van der Waals surface area contributed by atoms with Crippen LogP contribution < -0.4 is 15.4 Å². The number of rotatable bonds is 5. The molecule has 0 unspecified atom stereocenters. The number of anilines is 1. The van der Waals surface area contributed by atoms with Crippen molar-refractivity contribution in [2.45, 2.75) is 6.42 Å². The molecule has 0 saturated carbocycles. The standard InChI is InChI=1S/C19H18F2N2O2.ClH/c20-10-13(11-22)12-25-15-5-6-16-14(9-15)7-8-23(19(16)24)18-4-2-1-3-17(18)21;/h1-6,9-10H,7-8,11-12,22H2;1H/b13-10-;. The van der Waals surface area contributed by atoms with E-state index < -0.39 is 5.82 Å². The molecular weight excluding hydrogens is 362 g/mol. The molecule has 0 radical (unpaired) electrons. The minimum atomic E-state index is -0.424. The predicted molar refractivity (Wildman–Crippen MR) is 99.2 cm³/mol. The van der Waals surface area contributed by atoms with Gasteiger partial charge in [0, 0.05) is 24.2 Å². The number of carbonyl (C=O) groups excluding carboxylic acids is 1. The molecule has 2 N–H and O–H groups in total. The van der Waals surface area contributed by atoms with Gasteiger partial charge in [0.2, 0.25) is 0 Å². The van der Waals surface area contributed by atoms with Gasteiger partial charge in [-0.05, 0) is 42.3 Å². The van der Waals surface area contributed by atoms with E-state index in [4.69, 9.17) is 10.5 Å². The van der Waals surface area contributed by atoms with Gasteiger partial charge in [0.05, 0.1) is 12.0 Å². The van der Waals surface area contributed by atoms with E-state index in [1.807, 2.05) is 0 Å². The van der Waals surface area contributed by atoms with Crippen molar-refractivity contribution < 1.29 is 18.3 Å². The molecule has 2 aromatic carbocycles. The summed E-state index contributed by atoms with van der Waals surface area (Å²) in [7, 11) is 0. The summed E-state index contributed by atoms with van der Waals surface area (Å²) in [5.41, 5.74) is 7.36. The molecule has 138 valence electrons. The fraction of sp³-hybridized carbons (Fsp3) is 0.211. The fourth-order valence-corrected chi connectivity index (χ4v) is 2.77. The molecule has 0 atom stereocenters. The smallest absolute Gasteiger partial charge is 0.258 e. The number of carbonyl (C=O) groups is 1. The van der Waals surface area contributed by atoms with Crippen molar-refractivity contribution in [1.29, 1.82) is 0 Å². The molecule has 0 spiro atoms.